The summed E-state index contributed by atoms with van der Waals surface area (Å²) in [5.41, 5.74) is 0. The number of nitrogens with zero attached hydrogens (tertiary/aromatic N) is 4. The molecule has 0 saturated carbocycles. The fourth-order valence-corrected chi connectivity index (χ4v) is 2.04. The summed E-state index contributed by atoms with van der Waals surface area (Å²) in [5.74, 6) is 1.74. The third-order valence-corrected chi connectivity index (χ3v) is 3.30. The maximum Gasteiger partial charge on any atom is 0.191 e. The Hall–Kier alpha value is -0.860. The Morgan fingerprint density at radius 3 is 2.76 bits per heavy atom. The first kappa shape index (κ1) is 20.1. The number of nitrogens with one attached hydrogen (secondary N) is 2. The van der Waals surface area contributed by atoms with Gasteiger partial charge >= 0.3 is 0 Å². The number of guanidine groups is 1. The first-order valence-corrected chi connectivity index (χ1v) is 7.55. The predicted octanol–water partition coefficient (Wildman–Crippen LogP) is 2.55. The molecule has 0 amide bonds. The molecule has 1 atom stereocenters. The number of aryl methyl sites for hydroxylation is 1. The number of rotatable bonds is 8. The standard InChI is InChI=1S/C14H28N6.HI/c1-5-7-8-9-12(3)18-14(15-4)16-10-13-19-17-11-20(13)6-2;/h11-12H,5-10H2,1-4H3,(H2,15,16,18);1H. The SMILES string of the molecule is CCCCCC(C)NC(=NC)NCc1nncn1CC.I. The third-order valence-electron chi connectivity index (χ3n) is 3.30. The Kier molecular flexibility index (Phi) is 11.3. The molecular formula is C14H29IN6. The van der Waals surface area contributed by atoms with Gasteiger partial charge in [0.25, 0.3) is 0 Å². The Morgan fingerprint density at radius 1 is 1.38 bits per heavy atom. The van der Waals surface area contributed by atoms with Crippen LogP contribution >= 0.6 is 24.0 Å². The van der Waals surface area contributed by atoms with Gasteiger partial charge in [0.05, 0.1) is 6.54 Å². The van der Waals surface area contributed by atoms with Crippen LogP contribution in [0.2, 0.25) is 0 Å². The summed E-state index contributed by atoms with van der Waals surface area (Å²) >= 11 is 0. The van der Waals surface area contributed by atoms with Crippen molar-refractivity contribution in [1.29, 1.82) is 0 Å². The van der Waals surface area contributed by atoms with Crippen LogP contribution in [0.15, 0.2) is 11.3 Å². The van der Waals surface area contributed by atoms with Gasteiger partial charge in [-0.25, -0.2) is 0 Å². The maximum absolute atomic E-state index is 4.25. The van der Waals surface area contributed by atoms with E-state index in [1.807, 2.05) is 4.57 Å². The molecule has 122 valence electrons. The number of aliphatic imine (C=N–C) groups is 1. The first-order valence-electron chi connectivity index (χ1n) is 7.55. The molecule has 1 aromatic heterocycles. The summed E-state index contributed by atoms with van der Waals surface area (Å²) < 4.78 is 2.02. The molecule has 7 heteroatoms. The van der Waals surface area contributed by atoms with Gasteiger partial charge in [0.2, 0.25) is 0 Å². The number of halogens is 1. The lowest BCUT2D eigenvalue weighted by Crippen LogP contribution is -2.42. The fraction of sp³-hybridized carbons (Fsp3) is 0.786. The molecule has 1 unspecified atom stereocenters. The van der Waals surface area contributed by atoms with Gasteiger partial charge in [-0.2, -0.15) is 0 Å². The van der Waals surface area contributed by atoms with Crippen molar-refractivity contribution in [2.45, 2.75) is 65.6 Å². The molecule has 21 heavy (non-hydrogen) atoms. The average Bonchev–Trinajstić information content (AvgIpc) is 2.91. The van der Waals surface area contributed by atoms with Crippen molar-refractivity contribution in [2.24, 2.45) is 4.99 Å². The molecule has 1 heterocycles. The summed E-state index contributed by atoms with van der Waals surface area (Å²) in [7, 11) is 1.79. The molecule has 0 radical (unpaired) electrons. The minimum Gasteiger partial charge on any atom is -0.354 e. The fourth-order valence-electron chi connectivity index (χ4n) is 2.04. The highest BCUT2D eigenvalue weighted by Gasteiger charge is 2.07. The lowest BCUT2D eigenvalue weighted by molar-refractivity contribution is 0.545. The highest BCUT2D eigenvalue weighted by Crippen LogP contribution is 2.02. The Balaban J connectivity index is 0.00000400. The van der Waals surface area contributed by atoms with E-state index in [4.69, 9.17) is 0 Å². The second kappa shape index (κ2) is 11.8. The highest BCUT2D eigenvalue weighted by atomic mass is 127. The number of hydrogen-bond donors (Lipinski definition) is 2. The van der Waals surface area contributed by atoms with Crippen molar-refractivity contribution in [3.8, 4) is 0 Å². The highest BCUT2D eigenvalue weighted by molar-refractivity contribution is 14.0. The molecule has 1 rings (SSSR count). The van der Waals surface area contributed by atoms with Gasteiger partial charge in [0.1, 0.15) is 6.33 Å². The van der Waals surface area contributed by atoms with Crippen LogP contribution in [-0.4, -0.2) is 33.8 Å². The van der Waals surface area contributed by atoms with Crippen LogP contribution in [-0.2, 0) is 13.1 Å². The van der Waals surface area contributed by atoms with E-state index in [0.29, 0.717) is 12.6 Å². The molecule has 0 aliphatic carbocycles. The van der Waals surface area contributed by atoms with Gasteiger partial charge in [-0.05, 0) is 20.3 Å². The van der Waals surface area contributed by atoms with Gasteiger partial charge in [-0.3, -0.25) is 4.99 Å². The lowest BCUT2D eigenvalue weighted by atomic mass is 10.1. The van der Waals surface area contributed by atoms with Crippen molar-refractivity contribution in [1.82, 2.24) is 25.4 Å². The second-order valence-electron chi connectivity index (χ2n) is 5.00. The summed E-state index contributed by atoms with van der Waals surface area (Å²) in [6.45, 7) is 8.01. The molecule has 2 N–H and O–H groups in total. The lowest BCUT2D eigenvalue weighted by Gasteiger charge is -2.17. The molecule has 0 aliphatic heterocycles. The molecular weight excluding hydrogens is 379 g/mol. The molecule has 6 nitrogen and oxygen atoms in total. The van der Waals surface area contributed by atoms with Crippen LogP contribution in [0.4, 0.5) is 0 Å². The van der Waals surface area contributed by atoms with Gasteiger partial charge in [-0.15, -0.1) is 34.2 Å². The molecule has 1 aromatic rings. The minimum absolute atomic E-state index is 0. The smallest absolute Gasteiger partial charge is 0.191 e. The summed E-state index contributed by atoms with van der Waals surface area (Å²) in [4.78, 5) is 4.25. The van der Waals surface area contributed by atoms with E-state index in [2.05, 4.69) is 46.6 Å². The molecule has 0 aromatic carbocycles. The van der Waals surface area contributed by atoms with E-state index in [1.165, 1.54) is 25.7 Å². The number of unbranched alkanes of at least 4 members (excludes halogenated alkanes) is 2. The molecule has 0 spiro atoms. The number of aromatic nitrogens is 3. The van der Waals surface area contributed by atoms with Crippen LogP contribution < -0.4 is 10.6 Å². The van der Waals surface area contributed by atoms with Crippen molar-refractivity contribution in [3.05, 3.63) is 12.2 Å². The Labute approximate surface area is 145 Å². The van der Waals surface area contributed by atoms with Crippen LogP contribution in [0, 0.1) is 0 Å². The average molecular weight is 408 g/mol. The molecule has 0 saturated heterocycles. The van der Waals surface area contributed by atoms with Gasteiger partial charge < -0.3 is 15.2 Å². The van der Waals surface area contributed by atoms with Crippen molar-refractivity contribution in [2.75, 3.05) is 7.05 Å². The largest absolute Gasteiger partial charge is 0.354 e. The van der Waals surface area contributed by atoms with Gasteiger partial charge in [0.15, 0.2) is 11.8 Å². The molecule has 0 aliphatic rings. The molecule has 0 bridgehead atoms. The first-order chi connectivity index (χ1) is 9.71. The van der Waals surface area contributed by atoms with Crippen molar-refractivity contribution < 1.29 is 0 Å². The topological polar surface area (TPSA) is 67.1 Å². The zero-order chi connectivity index (χ0) is 14.8. The van der Waals surface area contributed by atoms with Gasteiger partial charge in [-0.1, -0.05) is 26.2 Å². The normalized spacial score (nSPS) is 12.7. The van der Waals surface area contributed by atoms with E-state index in [1.54, 1.807) is 13.4 Å². The van der Waals surface area contributed by atoms with E-state index < -0.39 is 0 Å². The maximum atomic E-state index is 4.25. The minimum atomic E-state index is 0. The van der Waals surface area contributed by atoms with E-state index in [0.717, 1.165) is 18.3 Å². The van der Waals surface area contributed by atoms with E-state index in [-0.39, 0.29) is 24.0 Å². The van der Waals surface area contributed by atoms with E-state index >= 15 is 0 Å². The summed E-state index contributed by atoms with van der Waals surface area (Å²) in [5, 5.41) is 14.7. The van der Waals surface area contributed by atoms with Crippen LogP contribution in [0.25, 0.3) is 0 Å². The van der Waals surface area contributed by atoms with Crippen molar-refractivity contribution in [3.63, 3.8) is 0 Å². The third kappa shape index (κ3) is 7.63. The van der Waals surface area contributed by atoms with Crippen LogP contribution in [0.5, 0.6) is 0 Å². The van der Waals surface area contributed by atoms with Gasteiger partial charge in [0, 0.05) is 19.6 Å². The number of hydrogen-bond acceptors (Lipinski definition) is 3. The predicted molar refractivity (Wildman–Crippen MR) is 98.0 cm³/mol. The zero-order valence-corrected chi connectivity index (χ0v) is 15.9. The molecule has 0 fully saturated rings. The Morgan fingerprint density at radius 2 is 2.14 bits per heavy atom. The zero-order valence-electron chi connectivity index (χ0n) is 13.6. The van der Waals surface area contributed by atoms with Crippen molar-refractivity contribution >= 4 is 29.9 Å². The van der Waals surface area contributed by atoms with Crippen LogP contribution in [0.1, 0.15) is 52.3 Å². The van der Waals surface area contributed by atoms with E-state index in [9.17, 15) is 0 Å². The summed E-state index contributed by atoms with van der Waals surface area (Å²) in [6, 6.07) is 0.428. The van der Waals surface area contributed by atoms with Crippen LogP contribution in [0.3, 0.4) is 0 Å². The second-order valence-corrected chi connectivity index (χ2v) is 5.00. The summed E-state index contributed by atoms with van der Waals surface area (Å²) in [6.07, 6.45) is 6.72. The quantitative estimate of drug-likeness (QED) is 0.300. The monoisotopic (exact) mass is 408 g/mol. The Bertz CT molecular complexity index is 404.